The normalized spacial score (nSPS) is 12.4. The van der Waals surface area contributed by atoms with Crippen molar-refractivity contribution in [2.45, 2.75) is 39.3 Å². The molecular formula is C29H26ClF4N5O4S. The van der Waals surface area contributed by atoms with E-state index in [4.69, 9.17) is 17.3 Å². The number of hydrogen-bond donors (Lipinski definition) is 4. The Hall–Kier alpha value is -4.35. The van der Waals surface area contributed by atoms with Gasteiger partial charge in [-0.1, -0.05) is 23.6 Å². The van der Waals surface area contributed by atoms with Crippen LogP contribution in [0.15, 0.2) is 42.5 Å². The van der Waals surface area contributed by atoms with Gasteiger partial charge in [-0.25, -0.2) is 35.8 Å². The Bertz CT molecular complexity index is 1860. The molecule has 4 rings (SSSR count). The van der Waals surface area contributed by atoms with Gasteiger partial charge in [0.25, 0.3) is 6.43 Å². The second-order valence-corrected chi connectivity index (χ2v) is 11.9. The molecular weight excluding hydrogens is 626 g/mol. The molecule has 0 fully saturated rings. The Balaban J connectivity index is 2.00. The number of pyridine rings is 1. The van der Waals surface area contributed by atoms with Crippen LogP contribution in [-0.2, 0) is 23.7 Å². The first-order valence-corrected chi connectivity index (χ1v) is 14.7. The lowest BCUT2D eigenvalue weighted by Gasteiger charge is -2.21. The zero-order valence-electron chi connectivity index (χ0n) is 23.2. The molecule has 2 heterocycles. The maximum atomic E-state index is 14.1. The molecule has 1 amide bonds. The average molecular weight is 652 g/mol. The second-order valence-electron chi connectivity index (χ2n) is 10.5. The zero-order chi connectivity index (χ0) is 32.3. The first kappa shape index (κ1) is 32.6. The molecule has 0 aliphatic carbocycles. The van der Waals surface area contributed by atoms with Crippen LogP contribution in [0.5, 0.6) is 0 Å². The molecule has 1 atom stereocenters. The van der Waals surface area contributed by atoms with Crippen molar-refractivity contribution in [1.82, 2.24) is 20.1 Å². The third kappa shape index (κ3) is 7.78. The van der Waals surface area contributed by atoms with Gasteiger partial charge in [0.05, 0.1) is 33.4 Å². The topological polar surface area (TPSA) is 140 Å². The van der Waals surface area contributed by atoms with Crippen molar-refractivity contribution in [2.75, 3.05) is 11.5 Å². The summed E-state index contributed by atoms with van der Waals surface area (Å²) in [7, 11) is -2.73. The molecule has 15 heteroatoms. The van der Waals surface area contributed by atoms with Crippen molar-refractivity contribution in [2.24, 2.45) is 5.41 Å². The van der Waals surface area contributed by atoms with Crippen molar-refractivity contribution in [3.63, 3.8) is 0 Å². The van der Waals surface area contributed by atoms with Crippen LogP contribution in [-0.4, -0.2) is 46.6 Å². The minimum absolute atomic E-state index is 0.0311. The summed E-state index contributed by atoms with van der Waals surface area (Å²) in [6, 6.07) is 7.49. The minimum Gasteiger partial charge on any atom is -0.465 e. The number of thiol groups is 1. The number of carboxylic acid groups (broad SMARTS) is 1. The Kier molecular flexibility index (Phi) is 9.70. The molecule has 0 aliphatic rings. The van der Waals surface area contributed by atoms with Gasteiger partial charge in [-0.15, -0.1) is 0 Å². The van der Waals surface area contributed by atoms with Gasteiger partial charge in [-0.3, -0.25) is 4.68 Å². The van der Waals surface area contributed by atoms with Crippen molar-refractivity contribution in [3.05, 3.63) is 76.1 Å². The summed E-state index contributed by atoms with van der Waals surface area (Å²) < 4.78 is 78.8. The molecule has 2 aromatic carbocycles. The summed E-state index contributed by atoms with van der Waals surface area (Å²) >= 11 is 6.37. The number of carbonyl (C=O) groups is 1. The third-order valence-electron chi connectivity index (χ3n) is 6.44. The van der Waals surface area contributed by atoms with Crippen molar-refractivity contribution < 1.29 is 35.9 Å². The highest BCUT2D eigenvalue weighted by Gasteiger charge is 2.26. The maximum Gasteiger partial charge on any atom is 0.405 e. The van der Waals surface area contributed by atoms with Gasteiger partial charge in [0, 0.05) is 22.6 Å². The fourth-order valence-corrected chi connectivity index (χ4v) is 5.73. The van der Waals surface area contributed by atoms with Crippen LogP contribution >= 0.6 is 11.6 Å². The molecule has 44 heavy (non-hydrogen) atoms. The summed E-state index contributed by atoms with van der Waals surface area (Å²) in [5, 5.41) is 16.4. The second kappa shape index (κ2) is 13.1. The molecule has 0 radical (unpaired) electrons. The number of nitrogens with two attached hydrogens (primary N) is 1. The summed E-state index contributed by atoms with van der Waals surface area (Å²) in [6.45, 7) is 2.41. The summed E-state index contributed by atoms with van der Waals surface area (Å²) in [4.78, 5) is 16.5. The molecule has 4 N–H and O–H groups in total. The lowest BCUT2D eigenvalue weighted by molar-refractivity contribution is 0.123. The number of alkyl halides is 2. The molecule has 4 aromatic rings. The predicted molar refractivity (Wildman–Crippen MR) is 158 cm³/mol. The van der Waals surface area contributed by atoms with Crippen LogP contribution in [0.25, 0.3) is 22.0 Å². The van der Waals surface area contributed by atoms with Crippen LogP contribution < -0.4 is 11.1 Å². The highest BCUT2D eigenvalue weighted by atomic mass is 35.5. The van der Waals surface area contributed by atoms with Gasteiger partial charge in [0.15, 0.2) is 5.82 Å². The van der Waals surface area contributed by atoms with E-state index in [-0.39, 0.29) is 62.0 Å². The number of nitrogens with one attached hydrogen (secondary N) is 1. The number of aromatic nitrogens is 3. The SMILES string of the molecule is CC(C)(C#Cc1ccc(-c2ccc(Cl)c3c(N)nn(CC(F)F)c23)c([C@H](Cc2cc(F)cc(F)c2)NC(=O)O)n1)C[SH](=O)=O. The Morgan fingerprint density at radius 2 is 1.80 bits per heavy atom. The first-order valence-electron chi connectivity index (χ1n) is 13.0. The Morgan fingerprint density at radius 1 is 1.14 bits per heavy atom. The molecule has 232 valence electrons. The highest BCUT2D eigenvalue weighted by molar-refractivity contribution is 7.72. The van der Waals surface area contributed by atoms with Gasteiger partial charge in [0.2, 0.25) is 0 Å². The fourth-order valence-electron chi connectivity index (χ4n) is 4.75. The zero-order valence-corrected chi connectivity index (χ0v) is 24.9. The average Bonchev–Trinajstić information content (AvgIpc) is 3.21. The van der Waals surface area contributed by atoms with E-state index in [0.717, 1.165) is 16.8 Å². The van der Waals surface area contributed by atoms with E-state index in [2.05, 4.69) is 27.2 Å². The highest BCUT2D eigenvalue weighted by Crippen LogP contribution is 2.39. The van der Waals surface area contributed by atoms with E-state index in [0.29, 0.717) is 6.07 Å². The van der Waals surface area contributed by atoms with Gasteiger partial charge >= 0.3 is 6.09 Å². The number of fused-ring (bicyclic) bond motifs is 1. The summed E-state index contributed by atoms with van der Waals surface area (Å²) in [5.74, 6) is 3.54. The molecule has 0 bridgehead atoms. The van der Waals surface area contributed by atoms with Crippen molar-refractivity contribution in [3.8, 4) is 23.0 Å². The third-order valence-corrected chi connectivity index (χ3v) is 7.80. The number of rotatable bonds is 9. The first-order chi connectivity index (χ1) is 20.6. The number of anilines is 1. The lowest BCUT2D eigenvalue weighted by atomic mass is 9.93. The molecule has 0 saturated heterocycles. The van der Waals surface area contributed by atoms with Gasteiger partial charge in [-0.2, -0.15) is 5.10 Å². The van der Waals surface area contributed by atoms with Crippen LogP contribution in [0, 0.1) is 28.9 Å². The number of nitrogen functional groups attached to an aromatic ring is 1. The number of halogens is 5. The largest absolute Gasteiger partial charge is 0.465 e. The van der Waals surface area contributed by atoms with E-state index < -0.39 is 52.9 Å². The van der Waals surface area contributed by atoms with Crippen molar-refractivity contribution in [1.29, 1.82) is 0 Å². The summed E-state index contributed by atoms with van der Waals surface area (Å²) in [5.41, 5.74) is 5.96. The Morgan fingerprint density at radius 3 is 2.41 bits per heavy atom. The predicted octanol–water partition coefficient (Wildman–Crippen LogP) is 5.42. The number of hydrogen-bond acceptors (Lipinski definition) is 6. The molecule has 2 aromatic heterocycles. The molecule has 0 unspecified atom stereocenters. The lowest BCUT2D eigenvalue weighted by Crippen LogP contribution is -2.30. The quantitative estimate of drug-likeness (QED) is 0.108. The molecule has 9 nitrogen and oxygen atoms in total. The van der Waals surface area contributed by atoms with E-state index in [1.54, 1.807) is 13.8 Å². The van der Waals surface area contributed by atoms with Crippen LogP contribution in [0.4, 0.5) is 28.2 Å². The number of amides is 1. The minimum atomic E-state index is -2.81. The Labute approximate surface area is 256 Å². The fraction of sp³-hybridized carbons (Fsp3) is 0.276. The molecule has 0 saturated carbocycles. The van der Waals surface area contributed by atoms with E-state index >= 15 is 0 Å². The van der Waals surface area contributed by atoms with Gasteiger partial charge in [-0.05, 0) is 62.1 Å². The standard InChI is InChI=1S/C29H26ClF4N5O4S/c1-29(2,14-44(42)43)8-7-18-3-4-19(20-5-6-21(30)24-26(20)39(13-23(33)34)38-27(24)35)25(36-18)22(37-28(40)41)11-15-9-16(31)12-17(32)10-15/h3-6,9-10,12,22-23,37,44H,11,13-14H2,1-2H3,(H2,35,38)(H,40,41)/t22-/m0/s1. The monoisotopic (exact) mass is 651 g/mol. The van der Waals surface area contributed by atoms with Crippen molar-refractivity contribution >= 4 is 45.1 Å². The maximum absolute atomic E-state index is 14.1. The number of nitrogens with zero attached hydrogens (tertiary/aromatic N) is 3. The molecule has 0 aliphatic heterocycles. The van der Waals surface area contributed by atoms with Crippen LogP contribution in [0.1, 0.15) is 36.8 Å². The van der Waals surface area contributed by atoms with Gasteiger partial charge < -0.3 is 16.2 Å². The van der Waals surface area contributed by atoms with Crippen LogP contribution in [0.2, 0.25) is 5.02 Å². The smallest absolute Gasteiger partial charge is 0.405 e. The van der Waals surface area contributed by atoms with E-state index in [1.165, 1.54) is 24.3 Å². The van der Waals surface area contributed by atoms with Crippen LogP contribution in [0.3, 0.4) is 0 Å². The number of benzene rings is 2. The molecule has 0 spiro atoms. The van der Waals surface area contributed by atoms with E-state index in [9.17, 15) is 35.9 Å². The van der Waals surface area contributed by atoms with Gasteiger partial charge in [0.1, 0.15) is 34.6 Å². The van der Waals surface area contributed by atoms with E-state index in [1.807, 2.05) is 0 Å². The summed E-state index contributed by atoms with van der Waals surface area (Å²) in [6.07, 6.45) is -4.56.